The van der Waals surface area contributed by atoms with E-state index in [1.807, 2.05) is 12.1 Å². The van der Waals surface area contributed by atoms with Crippen LogP contribution in [0.4, 0.5) is 0 Å². The molecule has 7 heteroatoms. The van der Waals surface area contributed by atoms with Gasteiger partial charge >= 0.3 is 0 Å². The molecule has 3 rings (SSSR count). The highest BCUT2D eigenvalue weighted by atomic mass is 35.5. The molecule has 0 saturated carbocycles. The second-order valence-corrected chi connectivity index (χ2v) is 6.53. The number of rotatable bonds is 6. The first-order chi connectivity index (χ1) is 10.8. The number of benzene rings is 1. The fraction of sp³-hybridized carbons (Fsp3) is 0.467. The number of nitrogens with zero attached hydrogens (tertiary/aromatic N) is 2. The zero-order valence-electron chi connectivity index (χ0n) is 12.1. The molecule has 118 valence electrons. The van der Waals surface area contributed by atoms with Crippen LogP contribution >= 0.6 is 23.4 Å². The van der Waals surface area contributed by atoms with E-state index in [1.54, 1.807) is 23.9 Å². The predicted molar refractivity (Wildman–Crippen MR) is 86.5 cm³/mol. The van der Waals surface area contributed by atoms with Crippen molar-refractivity contribution >= 4 is 23.4 Å². The van der Waals surface area contributed by atoms with E-state index in [0.29, 0.717) is 23.6 Å². The van der Waals surface area contributed by atoms with Crippen molar-refractivity contribution in [2.45, 2.75) is 37.1 Å². The van der Waals surface area contributed by atoms with Crippen LogP contribution in [0.15, 0.2) is 29.4 Å². The molecule has 0 unspecified atom stereocenters. The van der Waals surface area contributed by atoms with Gasteiger partial charge in [-0.2, -0.15) is 0 Å². The molecule has 2 heterocycles. The smallest absolute Gasteiger partial charge is 0.208 e. The Labute approximate surface area is 138 Å². The van der Waals surface area contributed by atoms with Crippen molar-refractivity contribution in [2.24, 2.45) is 0 Å². The number of H-pyrrole nitrogens is 1. The minimum Gasteiger partial charge on any atom is -0.486 e. The summed E-state index contributed by atoms with van der Waals surface area (Å²) in [7, 11) is 0. The molecule has 1 aromatic carbocycles. The number of halogens is 1. The molecular formula is C15H18ClN3O2S. The number of hydrogen-bond acceptors (Lipinski definition) is 5. The number of nitrogens with one attached hydrogen (secondary N) is 1. The highest BCUT2D eigenvalue weighted by Gasteiger charge is 2.15. The van der Waals surface area contributed by atoms with Crippen molar-refractivity contribution in [3.8, 4) is 5.75 Å². The minimum absolute atomic E-state index is 0.325. The third kappa shape index (κ3) is 4.63. The Bertz CT molecular complexity index is 585. The molecule has 0 aliphatic carbocycles. The summed E-state index contributed by atoms with van der Waals surface area (Å²) in [6, 6.07) is 7.25. The maximum absolute atomic E-state index is 5.83. The number of aromatic nitrogens is 3. The molecule has 2 aromatic rings. The van der Waals surface area contributed by atoms with Crippen molar-refractivity contribution < 1.29 is 9.47 Å². The second kappa shape index (κ2) is 7.85. The molecule has 1 atom stereocenters. The molecule has 0 spiro atoms. The van der Waals surface area contributed by atoms with Crippen molar-refractivity contribution in [2.75, 3.05) is 12.4 Å². The van der Waals surface area contributed by atoms with Gasteiger partial charge in [0.15, 0.2) is 5.82 Å². The Morgan fingerprint density at radius 1 is 1.32 bits per heavy atom. The van der Waals surface area contributed by atoms with Gasteiger partial charge < -0.3 is 9.47 Å². The van der Waals surface area contributed by atoms with Crippen molar-refractivity contribution in [3.63, 3.8) is 0 Å². The van der Waals surface area contributed by atoms with Gasteiger partial charge in [-0.15, -0.1) is 5.10 Å². The maximum atomic E-state index is 5.83. The summed E-state index contributed by atoms with van der Waals surface area (Å²) in [6.07, 6.45) is 3.88. The van der Waals surface area contributed by atoms with Crippen LogP contribution in [0.25, 0.3) is 0 Å². The first-order valence-corrected chi connectivity index (χ1v) is 8.70. The molecule has 5 nitrogen and oxygen atoms in total. The molecule has 0 amide bonds. The van der Waals surface area contributed by atoms with Crippen LogP contribution in [0, 0.1) is 0 Å². The van der Waals surface area contributed by atoms with Gasteiger partial charge in [-0.1, -0.05) is 23.4 Å². The average Bonchev–Trinajstić information content (AvgIpc) is 3.01. The third-order valence-corrected chi connectivity index (χ3v) is 4.60. The van der Waals surface area contributed by atoms with E-state index in [-0.39, 0.29) is 0 Å². The van der Waals surface area contributed by atoms with Crippen LogP contribution in [0.3, 0.4) is 0 Å². The monoisotopic (exact) mass is 339 g/mol. The molecule has 1 N–H and O–H groups in total. The topological polar surface area (TPSA) is 60.0 Å². The number of hydrogen-bond donors (Lipinski definition) is 1. The standard InChI is InChI=1S/C15H18ClN3O2S/c16-11-4-6-12(7-5-11)21-9-14-17-15(19-18-14)22-10-13-3-1-2-8-20-13/h4-7,13H,1-3,8-10H2,(H,17,18,19)/t13-/m0/s1. The second-order valence-electron chi connectivity index (χ2n) is 5.11. The summed E-state index contributed by atoms with van der Waals surface area (Å²) >= 11 is 7.45. The highest BCUT2D eigenvalue weighted by Crippen LogP contribution is 2.21. The lowest BCUT2D eigenvalue weighted by atomic mass is 10.1. The zero-order valence-corrected chi connectivity index (χ0v) is 13.7. The molecule has 0 radical (unpaired) electrons. The van der Waals surface area contributed by atoms with E-state index in [0.717, 1.165) is 29.7 Å². The Balaban J connectivity index is 1.45. The summed E-state index contributed by atoms with van der Waals surface area (Å²) in [5.41, 5.74) is 0. The van der Waals surface area contributed by atoms with E-state index in [1.165, 1.54) is 12.8 Å². The first-order valence-electron chi connectivity index (χ1n) is 7.33. The minimum atomic E-state index is 0.325. The van der Waals surface area contributed by atoms with E-state index < -0.39 is 0 Å². The Morgan fingerprint density at radius 3 is 2.95 bits per heavy atom. The summed E-state index contributed by atoms with van der Waals surface area (Å²) in [5, 5.41) is 8.53. The van der Waals surface area contributed by atoms with Crippen LogP contribution in [-0.4, -0.2) is 33.6 Å². The maximum Gasteiger partial charge on any atom is 0.208 e. The van der Waals surface area contributed by atoms with Crippen molar-refractivity contribution in [3.05, 3.63) is 35.1 Å². The van der Waals surface area contributed by atoms with Gasteiger partial charge in [0.2, 0.25) is 5.16 Å². The largest absolute Gasteiger partial charge is 0.486 e. The molecule has 1 fully saturated rings. The lowest BCUT2D eigenvalue weighted by Gasteiger charge is -2.21. The van der Waals surface area contributed by atoms with Gasteiger partial charge in [0.25, 0.3) is 0 Å². The quantitative estimate of drug-likeness (QED) is 0.813. The highest BCUT2D eigenvalue weighted by molar-refractivity contribution is 7.99. The molecule has 1 aliphatic heterocycles. The lowest BCUT2D eigenvalue weighted by molar-refractivity contribution is 0.0315. The van der Waals surface area contributed by atoms with E-state index in [9.17, 15) is 0 Å². The van der Waals surface area contributed by atoms with Gasteiger partial charge in [0.05, 0.1) is 6.10 Å². The van der Waals surface area contributed by atoms with Gasteiger partial charge in [0.1, 0.15) is 12.4 Å². The van der Waals surface area contributed by atoms with E-state index in [4.69, 9.17) is 21.1 Å². The number of thioether (sulfide) groups is 1. The lowest BCUT2D eigenvalue weighted by Crippen LogP contribution is -2.21. The van der Waals surface area contributed by atoms with Crippen LogP contribution in [0.5, 0.6) is 5.75 Å². The summed E-state index contributed by atoms with van der Waals surface area (Å²) in [5.74, 6) is 2.36. The Kier molecular flexibility index (Phi) is 5.58. The van der Waals surface area contributed by atoms with Crippen LogP contribution in [0.2, 0.25) is 5.02 Å². The van der Waals surface area contributed by atoms with Gasteiger partial charge in [0, 0.05) is 17.4 Å². The summed E-state index contributed by atoms with van der Waals surface area (Å²) in [6.45, 7) is 1.23. The van der Waals surface area contributed by atoms with Crippen LogP contribution in [0.1, 0.15) is 25.1 Å². The summed E-state index contributed by atoms with van der Waals surface area (Å²) < 4.78 is 11.3. The third-order valence-electron chi connectivity index (χ3n) is 3.37. The number of aromatic amines is 1. The van der Waals surface area contributed by atoms with Gasteiger partial charge in [-0.3, -0.25) is 5.10 Å². The Morgan fingerprint density at radius 2 is 2.18 bits per heavy atom. The number of ether oxygens (including phenoxy) is 2. The molecule has 1 saturated heterocycles. The SMILES string of the molecule is Clc1ccc(OCc2nc(SC[C@@H]3CCCCO3)n[nH]2)cc1. The molecule has 1 aromatic heterocycles. The average molecular weight is 340 g/mol. The fourth-order valence-electron chi connectivity index (χ4n) is 2.20. The molecule has 1 aliphatic rings. The van der Waals surface area contributed by atoms with E-state index in [2.05, 4.69) is 15.2 Å². The van der Waals surface area contributed by atoms with Crippen LogP contribution < -0.4 is 4.74 Å². The summed E-state index contributed by atoms with van der Waals surface area (Å²) in [4.78, 5) is 4.42. The van der Waals surface area contributed by atoms with Crippen molar-refractivity contribution in [1.82, 2.24) is 15.2 Å². The molecule has 0 bridgehead atoms. The predicted octanol–water partition coefficient (Wildman–Crippen LogP) is 3.70. The Hall–Kier alpha value is -1.24. The fourth-order valence-corrected chi connectivity index (χ4v) is 3.20. The molecule has 22 heavy (non-hydrogen) atoms. The zero-order chi connectivity index (χ0) is 15.2. The van der Waals surface area contributed by atoms with Crippen molar-refractivity contribution in [1.29, 1.82) is 0 Å². The molecular weight excluding hydrogens is 322 g/mol. The van der Waals surface area contributed by atoms with Crippen LogP contribution in [-0.2, 0) is 11.3 Å². The first kappa shape index (κ1) is 15.6. The van der Waals surface area contributed by atoms with Gasteiger partial charge in [-0.25, -0.2) is 4.98 Å². The van der Waals surface area contributed by atoms with E-state index >= 15 is 0 Å². The normalized spacial score (nSPS) is 18.3. The van der Waals surface area contributed by atoms with Gasteiger partial charge in [-0.05, 0) is 43.5 Å².